The van der Waals surface area contributed by atoms with Crippen LogP contribution in [-0.4, -0.2) is 30.3 Å². The minimum absolute atomic E-state index is 0.141. The molecule has 1 aromatic rings. The molecule has 0 aliphatic heterocycles. The summed E-state index contributed by atoms with van der Waals surface area (Å²) >= 11 is 0. The smallest absolute Gasteiger partial charge is 0.376 e. The monoisotopic (exact) mass is 279 g/mol. The first-order valence-electron chi connectivity index (χ1n) is 7.39. The number of aromatic nitrogens is 1. The van der Waals surface area contributed by atoms with Gasteiger partial charge in [0.1, 0.15) is 0 Å². The molecule has 0 atom stereocenters. The second kappa shape index (κ2) is 5.20. The van der Waals surface area contributed by atoms with Gasteiger partial charge in [0.05, 0.1) is 24.3 Å². The van der Waals surface area contributed by atoms with Crippen LogP contribution in [-0.2, 0) is 15.9 Å². The van der Waals surface area contributed by atoms with Crippen LogP contribution in [0.2, 0.25) is 0 Å². The fraction of sp³-hybridized carbons (Fsp3) is 0.733. The Hall–Kier alpha value is -1.36. The number of nitrogens with zero attached hydrogens (tertiary/aromatic N) is 1. The lowest BCUT2D eigenvalue weighted by atomic mass is 9.77. The van der Waals surface area contributed by atoms with Crippen LogP contribution in [0.15, 0.2) is 4.42 Å². The molecule has 0 bridgehead atoms. The number of rotatable bonds is 6. The fourth-order valence-corrected chi connectivity index (χ4v) is 2.73. The topological polar surface area (TPSA) is 61.6 Å². The van der Waals surface area contributed by atoms with Gasteiger partial charge in [0.15, 0.2) is 5.89 Å². The van der Waals surface area contributed by atoms with Gasteiger partial charge in [-0.15, -0.1) is 0 Å². The van der Waals surface area contributed by atoms with E-state index in [1.54, 1.807) is 14.0 Å². The van der Waals surface area contributed by atoms with Crippen LogP contribution in [0.1, 0.15) is 67.1 Å². The Bertz CT molecular complexity index is 494. The van der Waals surface area contributed by atoms with E-state index in [1.165, 1.54) is 6.42 Å². The quantitative estimate of drug-likeness (QED) is 0.749. The number of carbonyl (C=O) groups excluding carboxylic acids is 1. The third kappa shape index (κ3) is 2.46. The van der Waals surface area contributed by atoms with Crippen molar-refractivity contribution in [3.05, 3.63) is 17.3 Å². The summed E-state index contributed by atoms with van der Waals surface area (Å²) in [5.74, 6) is 0.881. The largest absolute Gasteiger partial charge is 0.460 e. The molecule has 0 spiro atoms. The highest BCUT2D eigenvalue weighted by Gasteiger charge is 2.40. The van der Waals surface area contributed by atoms with Crippen LogP contribution in [0.5, 0.6) is 0 Å². The van der Waals surface area contributed by atoms with Gasteiger partial charge < -0.3 is 13.9 Å². The van der Waals surface area contributed by atoms with Crippen LogP contribution in [0.4, 0.5) is 0 Å². The van der Waals surface area contributed by atoms with E-state index >= 15 is 0 Å². The standard InChI is InChI=1S/C15H21NO4/c1-3-19-14(17)13-12(10-5-6-10)16-11(20-13)9-15(18-2)7-4-8-15/h10H,3-9H2,1-2H3. The second-order valence-electron chi connectivity index (χ2n) is 5.73. The summed E-state index contributed by atoms with van der Waals surface area (Å²) in [4.78, 5) is 16.5. The van der Waals surface area contributed by atoms with Crippen LogP contribution < -0.4 is 0 Å². The van der Waals surface area contributed by atoms with Crippen molar-refractivity contribution >= 4 is 5.97 Å². The van der Waals surface area contributed by atoms with Gasteiger partial charge in [-0.05, 0) is 39.0 Å². The van der Waals surface area contributed by atoms with Crippen molar-refractivity contribution in [2.45, 2.75) is 57.0 Å². The average Bonchev–Trinajstić information content (AvgIpc) is 3.15. The highest BCUT2D eigenvalue weighted by atomic mass is 16.5. The first-order chi connectivity index (χ1) is 9.67. The minimum atomic E-state index is -0.395. The third-order valence-electron chi connectivity index (χ3n) is 4.29. The first kappa shape index (κ1) is 13.6. The lowest BCUT2D eigenvalue weighted by Crippen LogP contribution is -2.41. The summed E-state index contributed by atoms with van der Waals surface area (Å²) in [5, 5.41) is 0. The zero-order chi connectivity index (χ0) is 14.2. The van der Waals surface area contributed by atoms with E-state index in [0.29, 0.717) is 30.6 Å². The Balaban J connectivity index is 1.81. The van der Waals surface area contributed by atoms with Crippen LogP contribution >= 0.6 is 0 Å². The number of esters is 1. The number of hydrogen-bond acceptors (Lipinski definition) is 5. The van der Waals surface area contributed by atoms with Gasteiger partial charge in [-0.1, -0.05) is 0 Å². The molecule has 110 valence electrons. The molecule has 5 heteroatoms. The van der Waals surface area contributed by atoms with E-state index in [-0.39, 0.29) is 5.60 Å². The summed E-state index contributed by atoms with van der Waals surface area (Å²) in [7, 11) is 1.73. The fourth-order valence-electron chi connectivity index (χ4n) is 2.73. The molecular weight excluding hydrogens is 258 g/mol. The molecule has 2 fully saturated rings. The molecule has 3 rings (SSSR count). The molecular formula is C15H21NO4. The summed E-state index contributed by atoms with van der Waals surface area (Å²) in [6.45, 7) is 2.14. The lowest BCUT2D eigenvalue weighted by molar-refractivity contribution is -0.0747. The van der Waals surface area contributed by atoms with E-state index in [2.05, 4.69) is 4.98 Å². The zero-order valence-electron chi connectivity index (χ0n) is 12.1. The molecule has 20 heavy (non-hydrogen) atoms. The minimum Gasteiger partial charge on any atom is -0.460 e. The van der Waals surface area contributed by atoms with Gasteiger partial charge in [0, 0.05) is 13.0 Å². The molecule has 5 nitrogen and oxygen atoms in total. The summed E-state index contributed by atoms with van der Waals surface area (Å²) < 4.78 is 16.3. The second-order valence-corrected chi connectivity index (χ2v) is 5.73. The number of hydrogen-bond donors (Lipinski definition) is 0. The van der Waals surface area contributed by atoms with Crippen LogP contribution in [0.3, 0.4) is 0 Å². The Morgan fingerprint density at radius 2 is 2.20 bits per heavy atom. The van der Waals surface area contributed by atoms with E-state index in [0.717, 1.165) is 31.4 Å². The molecule has 0 aromatic carbocycles. The van der Waals surface area contributed by atoms with E-state index in [9.17, 15) is 4.79 Å². The molecule has 1 aromatic heterocycles. The van der Waals surface area contributed by atoms with Crippen molar-refractivity contribution in [1.82, 2.24) is 4.98 Å². The van der Waals surface area contributed by atoms with Gasteiger partial charge in [-0.25, -0.2) is 9.78 Å². The number of ether oxygens (including phenoxy) is 2. The predicted octanol–water partition coefficient (Wildman–Crippen LogP) is 2.84. The number of carbonyl (C=O) groups is 1. The van der Waals surface area contributed by atoms with Gasteiger partial charge in [0.2, 0.25) is 5.76 Å². The first-order valence-corrected chi connectivity index (χ1v) is 7.39. The van der Waals surface area contributed by atoms with Crippen molar-refractivity contribution in [3.8, 4) is 0 Å². The van der Waals surface area contributed by atoms with Gasteiger partial charge in [-0.2, -0.15) is 0 Å². The summed E-state index contributed by atoms with van der Waals surface area (Å²) in [6, 6.07) is 0. The van der Waals surface area contributed by atoms with Crippen molar-refractivity contribution in [3.63, 3.8) is 0 Å². The lowest BCUT2D eigenvalue weighted by Gasteiger charge is -2.39. The molecule has 2 aliphatic rings. The highest BCUT2D eigenvalue weighted by Crippen LogP contribution is 2.43. The number of oxazole rings is 1. The molecule has 2 aliphatic carbocycles. The van der Waals surface area contributed by atoms with Crippen molar-refractivity contribution in [1.29, 1.82) is 0 Å². The van der Waals surface area contributed by atoms with Gasteiger partial charge in [0.25, 0.3) is 0 Å². The van der Waals surface area contributed by atoms with Gasteiger partial charge >= 0.3 is 5.97 Å². The Kier molecular flexibility index (Phi) is 3.54. The highest BCUT2D eigenvalue weighted by molar-refractivity contribution is 5.87. The normalized spacial score (nSPS) is 20.5. The van der Waals surface area contributed by atoms with E-state index in [1.807, 2.05) is 0 Å². The average molecular weight is 279 g/mol. The molecule has 0 unspecified atom stereocenters. The van der Waals surface area contributed by atoms with E-state index < -0.39 is 5.97 Å². The predicted molar refractivity (Wildman–Crippen MR) is 71.7 cm³/mol. The van der Waals surface area contributed by atoms with E-state index in [4.69, 9.17) is 13.9 Å². The van der Waals surface area contributed by atoms with Crippen molar-refractivity contribution in [2.75, 3.05) is 13.7 Å². The molecule has 0 radical (unpaired) electrons. The molecule has 0 saturated heterocycles. The summed E-state index contributed by atoms with van der Waals surface area (Å²) in [6.07, 6.45) is 6.03. The van der Waals surface area contributed by atoms with Crippen LogP contribution in [0, 0.1) is 0 Å². The zero-order valence-corrected chi connectivity index (χ0v) is 12.1. The Morgan fingerprint density at radius 1 is 1.45 bits per heavy atom. The Labute approximate surface area is 118 Å². The molecule has 1 heterocycles. The maximum absolute atomic E-state index is 11.9. The maximum atomic E-state index is 11.9. The van der Waals surface area contributed by atoms with Crippen molar-refractivity contribution in [2.24, 2.45) is 0 Å². The number of methoxy groups -OCH3 is 1. The molecule has 0 N–H and O–H groups in total. The Morgan fingerprint density at radius 3 is 2.70 bits per heavy atom. The molecule has 2 saturated carbocycles. The summed E-state index contributed by atoms with van der Waals surface area (Å²) in [5.41, 5.74) is 0.640. The third-order valence-corrected chi connectivity index (χ3v) is 4.29. The SMILES string of the molecule is CCOC(=O)c1oc(CC2(OC)CCC2)nc1C1CC1. The molecule has 0 amide bonds. The van der Waals surface area contributed by atoms with Crippen LogP contribution in [0.25, 0.3) is 0 Å². The van der Waals surface area contributed by atoms with Crippen molar-refractivity contribution < 1.29 is 18.7 Å². The maximum Gasteiger partial charge on any atom is 0.376 e. The van der Waals surface area contributed by atoms with Gasteiger partial charge in [-0.3, -0.25) is 0 Å².